The average Bonchev–Trinajstić information content (AvgIpc) is 3.26. The average molecular weight is 372 g/mol. The van der Waals surface area contributed by atoms with E-state index in [1.165, 1.54) is 19.3 Å². The molecule has 6 nitrogen and oxygen atoms in total. The van der Waals surface area contributed by atoms with E-state index < -0.39 is 5.79 Å². The van der Waals surface area contributed by atoms with E-state index in [9.17, 15) is 9.59 Å². The van der Waals surface area contributed by atoms with Crippen molar-refractivity contribution in [2.24, 2.45) is 5.92 Å². The molecule has 1 aromatic rings. The Labute approximate surface area is 160 Å². The molecule has 2 fully saturated rings. The monoisotopic (exact) mass is 372 g/mol. The molecule has 0 bridgehead atoms. The van der Waals surface area contributed by atoms with E-state index in [1.807, 2.05) is 6.07 Å². The molecule has 4 rings (SSSR count). The largest absolute Gasteiger partial charge is 0.448 e. The molecule has 0 atom stereocenters. The maximum atomic E-state index is 12.2. The van der Waals surface area contributed by atoms with Crippen LogP contribution >= 0.6 is 0 Å². The van der Waals surface area contributed by atoms with E-state index >= 15 is 0 Å². The summed E-state index contributed by atoms with van der Waals surface area (Å²) >= 11 is 0. The van der Waals surface area contributed by atoms with Crippen molar-refractivity contribution in [3.8, 4) is 11.5 Å². The quantitative estimate of drug-likeness (QED) is 0.825. The van der Waals surface area contributed by atoms with Crippen LogP contribution in [-0.2, 0) is 9.59 Å². The Morgan fingerprint density at radius 3 is 2.48 bits per heavy atom. The van der Waals surface area contributed by atoms with Crippen LogP contribution in [0.5, 0.6) is 11.5 Å². The van der Waals surface area contributed by atoms with Gasteiger partial charge in [-0.15, -0.1) is 0 Å². The Hall–Kier alpha value is -2.24. The maximum absolute atomic E-state index is 12.2. The van der Waals surface area contributed by atoms with Crippen LogP contribution in [0.1, 0.15) is 64.2 Å². The minimum Gasteiger partial charge on any atom is -0.448 e. The van der Waals surface area contributed by atoms with Crippen LogP contribution in [0, 0.1) is 5.92 Å². The fourth-order valence-electron chi connectivity index (χ4n) is 4.40. The van der Waals surface area contributed by atoms with Gasteiger partial charge in [0.25, 0.3) is 5.79 Å². The first-order valence-electron chi connectivity index (χ1n) is 10.2. The van der Waals surface area contributed by atoms with Gasteiger partial charge in [-0.2, -0.15) is 0 Å². The molecule has 2 N–H and O–H groups in total. The van der Waals surface area contributed by atoms with E-state index in [2.05, 4.69) is 10.6 Å². The van der Waals surface area contributed by atoms with E-state index in [-0.39, 0.29) is 18.4 Å². The summed E-state index contributed by atoms with van der Waals surface area (Å²) in [5.74, 6) is 1.11. The summed E-state index contributed by atoms with van der Waals surface area (Å²) in [7, 11) is 0. The van der Waals surface area contributed by atoms with Gasteiger partial charge in [0.2, 0.25) is 11.8 Å². The number of carbonyl (C=O) groups is 2. The van der Waals surface area contributed by atoms with Gasteiger partial charge < -0.3 is 20.1 Å². The summed E-state index contributed by atoms with van der Waals surface area (Å²) in [5.41, 5.74) is 0.652. The third kappa shape index (κ3) is 4.37. The molecule has 0 saturated heterocycles. The van der Waals surface area contributed by atoms with Gasteiger partial charge in [-0.25, -0.2) is 0 Å². The van der Waals surface area contributed by atoms with Gasteiger partial charge in [-0.05, 0) is 43.7 Å². The Morgan fingerprint density at radius 1 is 0.963 bits per heavy atom. The number of carbonyl (C=O) groups excluding carboxylic acids is 2. The second kappa shape index (κ2) is 7.79. The predicted octanol–water partition coefficient (Wildman–Crippen LogP) is 3.75. The van der Waals surface area contributed by atoms with E-state index in [0.717, 1.165) is 44.3 Å². The van der Waals surface area contributed by atoms with E-state index in [1.54, 1.807) is 12.1 Å². The first-order chi connectivity index (χ1) is 13.1. The molecule has 6 heteroatoms. The first kappa shape index (κ1) is 18.1. The molecule has 1 aromatic carbocycles. The van der Waals surface area contributed by atoms with Crippen LogP contribution in [0.2, 0.25) is 0 Å². The minimum absolute atomic E-state index is 0.00999. The third-order valence-corrected chi connectivity index (χ3v) is 5.83. The number of fused-ring (bicyclic) bond motifs is 1. The topological polar surface area (TPSA) is 76.7 Å². The zero-order chi connectivity index (χ0) is 18.7. The molecule has 0 unspecified atom stereocenters. The van der Waals surface area contributed by atoms with Gasteiger partial charge in [-0.1, -0.05) is 19.3 Å². The third-order valence-electron chi connectivity index (χ3n) is 5.83. The molecule has 0 radical (unpaired) electrons. The molecule has 2 saturated carbocycles. The standard InChI is InChI=1S/C21H28N2O4/c24-19(12-15-6-2-1-3-7-15)22-14-20(25)23-16-8-9-17-18(13-16)27-21(26-17)10-4-5-11-21/h8-9,13,15H,1-7,10-12,14H2,(H,22,24)(H,23,25). The molecule has 1 spiro atoms. The molecule has 3 aliphatic rings. The van der Waals surface area contributed by atoms with Crippen molar-refractivity contribution in [1.82, 2.24) is 5.32 Å². The molecule has 1 aliphatic heterocycles. The van der Waals surface area contributed by atoms with Crippen LogP contribution in [0.3, 0.4) is 0 Å². The lowest BCUT2D eigenvalue weighted by Crippen LogP contribution is -2.34. The molecule has 146 valence electrons. The van der Waals surface area contributed by atoms with Gasteiger partial charge in [-0.3, -0.25) is 9.59 Å². The lowest BCUT2D eigenvalue weighted by atomic mass is 9.87. The summed E-state index contributed by atoms with van der Waals surface area (Å²) < 4.78 is 12.0. The highest BCUT2D eigenvalue weighted by atomic mass is 16.7. The highest BCUT2D eigenvalue weighted by molar-refractivity contribution is 5.94. The molecular formula is C21H28N2O4. The van der Waals surface area contributed by atoms with Crippen molar-refractivity contribution in [2.45, 2.75) is 70.0 Å². The zero-order valence-corrected chi connectivity index (χ0v) is 15.7. The maximum Gasteiger partial charge on any atom is 0.251 e. The SMILES string of the molecule is O=C(CC1CCCCC1)NCC(=O)Nc1ccc2c(c1)OC1(CCCC1)O2. The van der Waals surface area contributed by atoms with Crippen molar-refractivity contribution in [1.29, 1.82) is 0 Å². The Balaban J connectivity index is 1.25. The normalized spacial score (nSPS) is 20.6. The second-order valence-corrected chi connectivity index (χ2v) is 8.02. The van der Waals surface area contributed by atoms with Gasteiger partial charge in [0.1, 0.15) is 0 Å². The van der Waals surface area contributed by atoms with E-state index in [4.69, 9.17) is 9.47 Å². The molecule has 1 heterocycles. The number of hydrogen-bond acceptors (Lipinski definition) is 4. The summed E-state index contributed by atoms with van der Waals surface area (Å²) in [5, 5.41) is 5.56. The molecule has 27 heavy (non-hydrogen) atoms. The number of anilines is 1. The van der Waals surface area contributed by atoms with Crippen molar-refractivity contribution >= 4 is 17.5 Å². The van der Waals surface area contributed by atoms with Crippen molar-refractivity contribution in [3.05, 3.63) is 18.2 Å². The zero-order valence-electron chi connectivity index (χ0n) is 15.7. The van der Waals surface area contributed by atoms with Crippen LogP contribution in [0.25, 0.3) is 0 Å². The molecule has 2 aliphatic carbocycles. The van der Waals surface area contributed by atoms with Crippen molar-refractivity contribution < 1.29 is 19.1 Å². The fourth-order valence-corrected chi connectivity index (χ4v) is 4.40. The summed E-state index contributed by atoms with van der Waals surface area (Å²) in [6, 6.07) is 5.43. The van der Waals surface area contributed by atoms with Gasteiger partial charge in [0.15, 0.2) is 11.5 Å². The molecular weight excluding hydrogens is 344 g/mol. The Morgan fingerprint density at radius 2 is 1.70 bits per heavy atom. The number of benzene rings is 1. The van der Waals surface area contributed by atoms with Crippen molar-refractivity contribution in [3.63, 3.8) is 0 Å². The summed E-state index contributed by atoms with van der Waals surface area (Å²) in [6.07, 6.45) is 10.5. The van der Waals surface area contributed by atoms with Gasteiger partial charge in [0.05, 0.1) is 6.54 Å². The number of nitrogens with one attached hydrogen (secondary N) is 2. The highest BCUT2D eigenvalue weighted by Gasteiger charge is 2.44. The predicted molar refractivity (Wildman–Crippen MR) is 102 cm³/mol. The number of ether oxygens (including phenoxy) is 2. The minimum atomic E-state index is -0.502. The van der Waals surface area contributed by atoms with Crippen LogP contribution < -0.4 is 20.1 Å². The Kier molecular flexibility index (Phi) is 5.23. The van der Waals surface area contributed by atoms with Crippen LogP contribution in [0.15, 0.2) is 18.2 Å². The highest BCUT2D eigenvalue weighted by Crippen LogP contribution is 2.47. The van der Waals surface area contributed by atoms with Crippen molar-refractivity contribution in [2.75, 3.05) is 11.9 Å². The molecule has 0 aromatic heterocycles. The number of hydrogen-bond donors (Lipinski definition) is 2. The summed E-state index contributed by atoms with van der Waals surface area (Å²) in [6.45, 7) is -0.00999. The van der Waals surface area contributed by atoms with Gasteiger partial charge in [0, 0.05) is 31.0 Å². The lowest BCUT2D eigenvalue weighted by Gasteiger charge is -2.21. The second-order valence-electron chi connectivity index (χ2n) is 8.02. The number of amides is 2. The molecule has 2 amide bonds. The first-order valence-corrected chi connectivity index (χ1v) is 10.2. The summed E-state index contributed by atoms with van der Waals surface area (Å²) in [4.78, 5) is 24.2. The van der Waals surface area contributed by atoms with Crippen LogP contribution in [-0.4, -0.2) is 24.1 Å². The fraction of sp³-hybridized carbons (Fsp3) is 0.619. The van der Waals surface area contributed by atoms with Crippen LogP contribution in [0.4, 0.5) is 5.69 Å². The van der Waals surface area contributed by atoms with E-state index in [0.29, 0.717) is 23.8 Å². The lowest BCUT2D eigenvalue weighted by molar-refractivity contribution is -0.125. The van der Waals surface area contributed by atoms with Gasteiger partial charge >= 0.3 is 0 Å². The number of rotatable bonds is 5. The Bertz CT molecular complexity index is 706. The smallest absolute Gasteiger partial charge is 0.251 e.